The summed E-state index contributed by atoms with van der Waals surface area (Å²) in [6, 6.07) is 22.1. The zero-order valence-corrected chi connectivity index (χ0v) is 13.6. The molecule has 3 rings (SSSR count). The molecule has 3 aromatic carbocycles. The van der Waals surface area contributed by atoms with Gasteiger partial charge in [0.25, 0.3) is 0 Å². The zero-order chi connectivity index (χ0) is 18.6. The highest BCUT2D eigenvalue weighted by molar-refractivity contribution is 5.87. The Morgan fingerprint density at radius 3 is 1.81 bits per heavy atom. The maximum atomic E-state index is 12.9. The molecule has 6 nitrogen and oxygen atoms in total. The van der Waals surface area contributed by atoms with E-state index in [9.17, 15) is 20.0 Å². The first-order chi connectivity index (χ1) is 12.5. The van der Waals surface area contributed by atoms with E-state index in [2.05, 4.69) is 0 Å². The molecule has 0 unspecified atom stereocenters. The third kappa shape index (κ3) is 3.18. The Hall–Kier alpha value is -3.51. The van der Waals surface area contributed by atoms with Gasteiger partial charge < -0.3 is 9.84 Å². The number of esters is 1. The number of aliphatic hydroxyl groups is 1. The van der Waals surface area contributed by atoms with Gasteiger partial charge >= 0.3 is 11.7 Å². The van der Waals surface area contributed by atoms with Gasteiger partial charge in [-0.2, -0.15) is 0 Å². The number of rotatable bonds is 5. The van der Waals surface area contributed by atoms with Crippen molar-refractivity contribution in [2.24, 2.45) is 0 Å². The second kappa shape index (κ2) is 7.16. The van der Waals surface area contributed by atoms with Crippen LogP contribution in [0.3, 0.4) is 0 Å². The lowest BCUT2D eigenvalue weighted by molar-refractivity contribution is -0.385. The van der Waals surface area contributed by atoms with Gasteiger partial charge in [0.15, 0.2) is 0 Å². The molecule has 0 aliphatic heterocycles. The zero-order valence-electron chi connectivity index (χ0n) is 13.6. The molecule has 0 saturated carbocycles. The van der Waals surface area contributed by atoms with Crippen LogP contribution < -0.4 is 4.74 Å². The molecule has 0 bridgehead atoms. The first-order valence-electron chi connectivity index (χ1n) is 7.82. The van der Waals surface area contributed by atoms with Gasteiger partial charge in [0, 0.05) is 6.07 Å². The lowest BCUT2D eigenvalue weighted by atomic mass is 9.86. The van der Waals surface area contributed by atoms with Gasteiger partial charge in [-0.05, 0) is 17.2 Å². The highest BCUT2D eigenvalue weighted by Crippen LogP contribution is 2.34. The molecule has 3 aromatic rings. The van der Waals surface area contributed by atoms with Crippen molar-refractivity contribution >= 4 is 11.7 Å². The van der Waals surface area contributed by atoms with E-state index in [1.54, 1.807) is 60.7 Å². The van der Waals surface area contributed by atoms with E-state index in [0.717, 1.165) is 0 Å². The van der Waals surface area contributed by atoms with Crippen molar-refractivity contribution in [2.75, 3.05) is 0 Å². The van der Waals surface area contributed by atoms with Gasteiger partial charge in [0.05, 0.1) is 4.92 Å². The largest absolute Gasteiger partial charge is 0.416 e. The summed E-state index contributed by atoms with van der Waals surface area (Å²) in [5.41, 5.74) is -1.86. The molecule has 0 aromatic heterocycles. The molecule has 0 radical (unpaired) electrons. The Kier molecular flexibility index (Phi) is 4.77. The summed E-state index contributed by atoms with van der Waals surface area (Å²) in [5, 5.41) is 22.4. The van der Waals surface area contributed by atoms with Crippen LogP contribution in [0.5, 0.6) is 5.75 Å². The quantitative estimate of drug-likeness (QED) is 0.330. The van der Waals surface area contributed by atoms with E-state index in [0.29, 0.717) is 11.1 Å². The van der Waals surface area contributed by atoms with Gasteiger partial charge in [-0.1, -0.05) is 72.8 Å². The molecule has 0 heterocycles. The molecule has 0 atom stereocenters. The van der Waals surface area contributed by atoms with E-state index in [-0.39, 0.29) is 11.4 Å². The van der Waals surface area contributed by atoms with Gasteiger partial charge in [0.1, 0.15) is 0 Å². The van der Waals surface area contributed by atoms with Crippen LogP contribution in [0.4, 0.5) is 5.69 Å². The molecular weight excluding hydrogens is 334 g/mol. The molecule has 26 heavy (non-hydrogen) atoms. The minimum Gasteiger partial charge on any atom is -0.416 e. The standard InChI is InChI=1S/C20H15NO5/c22-19(26-18-14-8-7-13-17(18)21(24)25)20(23,15-9-3-1-4-10-15)16-11-5-2-6-12-16/h1-14,23H. The van der Waals surface area contributed by atoms with Crippen molar-refractivity contribution in [2.45, 2.75) is 5.60 Å². The van der Waals surface area contributed by atoms with Crippen LogP contribution >= 0.6 is 0 Å². The second-order valence-corrected chi connectivity index (χ2v) is 5.56. The number of hydrogen-bond donors (Lipinski definition) is 1. The summed E-state index contributed by atoms with van der Waals surface area (Å²) in [7, 11) is 0. The van der Waals surface area contributed by atoms with E-state index >= 15 is 0 Å². The number of nitrogens with zero attached hydrogens (tertiary/aromatic N) is 1. The molecule has 0 spiro atoms. The highest BCUT2D eigenvalue weighted by Gasteiger charge is 2.42. The summed E-state index contributed by atoms with van der Waals surface area (Å²) in [6.07, 6.45) is 0. The molecule has 0 aliphatic carbocycles. The van der Waals surface area contributed by atoms with Crippen molar-refractivity contribution in [1.29, 1.82) is 0 Å². The van der Waals surface area contributed by atoms with Crippen molar-refractivity contribution < 1.29 is 19.6 Å². The number of carbonyl (C=O) groups is 1. The van der Waals surface area contributed by atoms with E-state index in [1.165, 1.54) is 24.3 Å². The van der Waals surface area contributed by atoms with Gasteiger partial charge in [-0.25, -0.2) is 4.79 Å². The van der Waals surface area contributed by atoms with Crippen LogP contribution in [0, 0.1) is 10.1 Å². The monoisotopic (exact) mass is 349 g/mol. The van der Waals surface area contributed by atoms with Crippen LogP contribution in [0.25, 0.3) is 0 Å². The summed E-state index contributed by atoms with van der Waals surface area (Å²) in [6.45, 7) is 0. The Morgan fingerprint density at radius 2 is 1.31 bits per heavy atom. The fraction of sp³-hybridized carbons (Fsp3) is 0.0500. The fourth-order valence-electron chi connectivity index (χ4n) is 2.63. The number of carbonyl (C=O) groups excluding carboxylic acids is 1. The number of nitro benzene ring substituents is 1. The Balaban J connectivity index is 2.07. The summed E-state index contributed by atoms with van der Waals surface area (Å²) < 4.78 is 5.25. The molecule has 0 amide bonds. The van der Waals surface area contributed by atoms with Crippen molar-refractivity contribution in [1.82, 2.24) is 0 Å². The summed E-state index contributed by atoms with van der Waals surface area (Å²) >= 11 is 0. The Labute approximate surface area is 149 Å². The molecule has 0 aliphatic rings. The maximum absolute atomic E-state index is 12.9. The number of ether oxygens (including phenoxy) is 1. The molecule has 0 saturated heterocycles. The molecular formula is C20H15NO5. The number of benzene rings is 3. The summed E-state index contributed by atoms with van der Waals surface area (Å²) in [5.74, 6) is -1.25. The molecule has 1 N–H and O–H groups in total. The average Bonchev–Trinajstić information content (AvgIpc) is 2.69. The average molecular weight is 349 g/mol. The predicted octanol–water partition coefficient (Wildman–Crippen LogP) is 3.44. The van der Waals surface area contributed by atoms with Gasteiger partial charge in [0.2, 0.25) is 11.4 Å². The van der Waals surface area contributed by atoms with E-state index in [4.69, 9.17) is 4.74 Å². The minimum atomic E-state index is -2.10. The number of hydrogen-bond acceptors (Lipinski definition) is 5. The second-order valence-electron chi connectivity index (χ2n) is 5.56. The molecule has 6 heteroatoms. The lowest BCUT2D eigenvalue weighted by Gasteiger charge is -2.26. The minimum absolute atomic E-state index is 0.229. The van der Waals surface area contributed by atoms with Crippen molar-refractivity contribution in [3.05, 3.63) is 106 Å². The topological polar surface area (TPSA) is 89.7 Å². The molecule has 130 valence electrons. The lowest BCUT2D eigenvalue weighted by Crippen LogP contribution is -2.40. The number of para-hydroxylation sites is 2. The van der Waals surface area contributed by atoms with Crippen LogP contribution in [0.15, 0.2) is 84.9 Å². The first kappa shape index (κ1) is 17.3. The SMILES string of the molecule is O=C(Oc1ccccc1[N+](=O)[O-])C(O)(c1ccccc1)c1ccccc1. The Morgan fingerprint density at radius 1 is 0.846 bits per heavy atom. The first-order valence-corrected chi connectivity index (χ1v) is 7.82. The third-order valence-corrected chi connectivity index (χ3v) is 3.94. The predicted molar refractivity (Wildman–Crippen MR) is 94.6 cm³/mol. The molecule has 0 fully saturated rings. The van der Waals surface area contributed by atoms with Crippen LogP contribution in [0.1, 0.15) is 11.1 Å². The fourth-order valence-corrected chi connectivity index (χ4v) is 2.63. The van der Waals surface area contributed by atoms with Crippen molar-refractivity contribution in [3.8, 4) is 5.75 Å². The normalized spacial score (nSPS) is 11.0. The third-order valence-electron chi connectivity index (χ3n) is 3.94. The van der Waals surface area contributed by atoms with E-state index in [1.807, 2.05) is 0 Å². The number of nitro groups is 1. The highest BCUT2D eigenvalue weighted by atomic mass is 16.6. The van der Waals surface area contributed by atoms with Gasteiger partial charge in [-0.15, -0.1) is 0 Å². The van der Waals surface area contributed by atoms with Gasteiger partial charge in [-0.3, -0.25) is 10.1 Å². The van der Waals surface area contributed by atoms with Crippen LogP contribution in [-0.2, 0) is 10.4 Å². The summed E-state index contributed by atoms with van der Waals surface area (Å²) in [4.78, 5) is 23.4. The van der Waals surface area contributed by atoms with Crippen LogP contribution in [0.2, 0.25) is 0 Å². The Bertz CT molecular complexity index is 886. The maximum Gasteiger partial charge on any atom is 0.353 e. The smallest absolute Gasteiger partial charge is 0.353 e. The van der Waals surface area contributed by atoms with Crippen molar-refractivity contribution in [3.63, 3.8) is 0 Å². The van der Waals surface area contributed by atoms with E-state index < -0.39 is 16.5 Å². The van der Waals surface area contributed by atoms with Crippen LogP contribution in [-0.4, -0.2) is 16.0 Å².